The summed E-state index contributed by atoms with van der Waals surface area (Å²) in [5.41, 5.74) is 0.874. The van der Waals surface area contributed by atoms with Gasteiger partial charge in [-0.15, -0.1) is 10.2 Å². The maximum absolute atomic E-state index is 13.2. The van der Waals surface area contributed by atoms with Crippen molar-refractivity contribution in [3.8, 4) is 10.6 Å². The second-order valence-electron chi connectivity index (χ2n) is 8.74. The number of rotatable bonds is 5. The molecule has 188 valence electrons. The van der Waals surface area contributed by atoms with E-state index in [0.29, 0.717) is 32.8 Å². The zero-order chi connectivity index (χ0) is 26.3. The number of sulfonamides is 1. The maximum Gasteiger partial charge on any atom is 0.432 e. The number of carbonyl (C=O) groups excluding carboxylic acids is 1. The Morgan fingerprint density at radius 3 is 2.56 bits per heavy atom. The predicted octanol–water partition coefficient (Wildman–Crippen LogP) is 4.53. The number of hydrogen-bond donors (Lipinski definition) is 2. The Labute approximate surface area is 210 Å². The molecule has 36 heavy (non-hydrogen) atoms. The summed E-state index contributed by atoms with van der Waals surface area (Å²) in [4.78, 5) is 25.8. The topological polar surface area (TPSA) is 157 Å². The molecule has 2 aromatic carbocycles. The minimum atomic E-state index is -3.47. The van der Waals surface area contributed by atoms with E-state index >= 15 is 0 Å². The van der Waals surface area contributed by atoms with Crippen molar-refractivity contribution in [1.82, 2.24) is 20.0 Å². The zero-order valence-electron chi connectivity index (χ0n) is 19.7. The van der Waals surface area contributed by atoms with Crippen molar-refractivity contribution in [2.75, 3.05) is 15.9 Å². The molecule has 12 nitrogen and oxygen atoms in total. The highest BCUT2D eigenvalue weighted by atomic mass is 32.2. The van der Waals surface area contributed by atoms with Gasteiger partial charge < -0.3 is 9.84 Å². The van der Waals surface area contributed by atoms with Crippen LogP contribution in [0.15, 0.2) is 48.7 Å². The molecule has 0 saturated carbocycles. The van der Waals surface area contributed by atoms with E-state index < -0.39 is 27.8 Å². The summed E-state index contributed by atoms with van der Waals surface area (Å²) >= 11 is 1.10. The van der Waals surface area contributed by atoms with E-state index in [2.05, 4.69) is 20.0 Å². The van der Waals surface area contributed by atoms with E-state index in [9.17, 15) is 23.1 Å². The van der Waals surface area contributed by atoms with Crippen LogP contribution in [0.5, 0.6) is 0 Å². The van der Waals surface area contributed by atoms with E-state index in [1.165, 1.54) is 17.2 Å². The van der Waals surface area contributed by atoms with Gasteiger partial charge in [0, 0.05) is 16.6 Å². The normalized spacial score (nSPS) is 11.9. The number of aromatic nitrogens is 4. The van der Waals surface area contributed by atoms with Crippen LogP contribution in [0.25, 0.3) is 21.5 Å². The Morgan fingerprint density at radius 1 is 1.14 bits per heavy atom. The van der Waals surface area contributed by atoms with E-state index in [1.54, 1.807) is 57.2 Å². The second kappa shape index (κ2) is 9.20. The van der Waals surface area contributed by atoms with Crippen LogP contribution >= 0.6 is 11.3 Å². The van der Waals surface area contributed by atoms with Gasteiger partial charge in [-0.3, -0.25) is 4.72 Å². The third-order valence-electron chi connectivity index (χ3n) is 4.59. The van der Waals surface area contributed by atoms with Crippen LogP contribution in [-0.4, -0.2) is 57.5 Å². The number of nitrogens with one attached hydrogen (secondary N) is 1. The van der Waals surface area contributed by atoms with Gasteiger partial charge in [0.1, 0.15) is 10.6 Å². The number of benzene rings is 2. The lowest BCUT2D eigenvalue weighted by atomic mass is 10.2. The molecule has 0 bridgehead atoms. The smallest absolute Gasteiger partial charge is 0.432 e. The fourth-order valence-electron chi connectivity index (χ4n) is 3.27. The first kappa shape index (κ1) is 25.1. The number of carbonyl (C=O) groups is 2. The quantitative estimate of drug-likeness (QED) is 0.378. The maximum atomic E-state index is 13.2. The molecule has 0 aliphatic carbocycles. The summed E-state index contributed by atoms with van der Waals surface area (Å²) in [6, 6.07) is 11.3. The van der Waals surface area contributed by atoms with Gasteiger partial charge in [-0.25, -0.2) is 22.9 Å². The molecule has 2 heterocycles. The largest absolute Gasteiger partial charge is 0.463 e. The van der Waals surface area contributed by atoms with E-state index in [-0.39, 0.29) is 5.13 Å². The van der Waals surface area contributed by atoms with Crippen LogP contribution in [-0.2, 0) is 14.8 Å². The predicted molar refractivity (Wildman–Crippen MR) is 135 cm³/mol. The molecule has 0 saturated heterocycles. The van der Waals surface area contributed by atoms with Crippen molar-refractivity contribution in [2.24, 2.45) is 0 Å². The third-order valence-corrected chi connectivity index (χ3v) is 6.15. The van der Waals surface area contributed by atoms with Gasteiger partial charge in [0.15, 0.2) is 0 Å². The molecule has 0 unspecified atom stereocenters. The molecule has 0 radical (unpaired) electrons. The molecule has 14 heteroatoms. The van der Waals surface area contributed by atoms with Crippen LogP contribution in [0.3, 0.4) is 0 Å². The Hall–Kier alpha value is -4.04. The molecule has 0 spiro atoms. The Morgan fingerprint density at radius 2 is 1.89 bits per heavy atom. The number of ether oxygens (including phenoxy) is 1. The lowest BCUT2D eigenvalue weighted by molar-refractivity contribution is 0.0599. The fourth-order valence-corrected chi connectivity index (χ4v) is 4.67. The molecule has 4 rings (SSSR count). The minimum Gasteiger partial charge on any atom is -0.463 e. The van der Waals surface area contributed by atoms with Crippen LogP contribution < -0.4 is 9.62 Å². The van der Waals surface area contributed by atoms with Crippen molar-refractivity contribution in [3.05, 3.63) is 48.7 Å². The van der Waals surface area contributed by atoms with Crippen LogP contribution in [0, 0.1) is 0 Å². The average molecular weight is 531 g/mol. The van der Waals surface area contributed by atoms with Crippen LogP contribution in [0.4, 0.5) is 26.1 Å². The molecular formula is C22H22N6O6S2. The molecule has 0 aliphatic rings. The van der Waals surface area contributed by atoms with Crippen molar-refractivity contribution >= 4 is 61.0 Å². The number of amides is 1. The minimum absolute atomic E-state index is 0.200. The Kier molecular flexibility index (Phi) is 6.41. The first-order valence-electron chi connectivity index (χ1n) is 10.5. The summed E-state index contributed by atoms with van der Waals surface area (Å²) < 4.78 is 32.0. The van der Waals surface area contributed by atoms with Crippen LogP contribution in [0.1, 0.15) is 20.8 Å². The second-order valence-corrected chi connectivity index (χ2v) is 11.4. The van der Waals surface area contributed by atoms with Gasteiger partial charge in [0.25, 0.3) is 0 Å². The summed E-state index contributed by atoms with van der Waals surface area (Å²) in [6.45, 7) is 5.19. The van der Waals surface area contributed by atoms with Crippen molar-refractivity contribution < 1.29 is 27.9 Å². The lowest BCUT2D eigenvalue weighted by Crippen LogP contribution is -2.33. The standard InChI is InChI=1S/C22H22N6O6S2/c1-22(2,3)34-21(31)27(16-8-9-17-14(11-16)12-23-28(17)20(29)30)19-25-24-18(35-19)13-6-5-7-15(10-13)26-36(4,32)33/h5-12,26H,1-4H3,(H,29,30). The number of fused-ring (bicyclic) bond motifs is 1. The molecule has 0 aliphatic heterocycles. The highest BCUT2D eigenvalue weighted by Gasteiger charge is 2.28. The molecular weight excluding hydrogens is 508 g/mol. The monoisotopic (exact) mass is 530 g/mol. The first-order chi connectivity index (χ1) is 16.8. The molecule has 0 fully saturated rings. The van der Waals surface area contributed by atoms with Gasteiger partial charge in [0.2, 0.25) is 15.2 Å². The molecule has 1 amide bonds. The van der Waals surface area contributed by atoms with Crippen molar-refractivity contribution in [3.63, 3.8) is 0 Å². The third kappa shape index (κ3) is 5.60. The van der Waals surface area contributed by atoms with Crippen molar-refractivity contribution in [2.45, 2.75) is 26.4 Å². The summed E-state index contributed by atoms with van der Waals surface area (Å²) in [5, 5.41) is 22.7. The zero-order valence-corrected chi connectivity index (χ0v) is 21.3. The first-order valence-corrected chi connectivity index (χ1v) is 13.2. The summed E-state index contributed by atoms with van der Waals surface area (Å²) in [7, 11) is -3.47. The fraction of sp³-hybridized carbons (Fsp3) is 0.227. The summed E-state index contributed by atoms with van der Waals surface area (Å²) in [5.74, 6) is 0. The van der Waals surface area contributed by atoms with E-state index in [4.69, 9.17) is 4.74 Å². The van der Waals surface area contributed by atoms with Gasteiger partial charge in [-0.2, -0.15) is 9.78 Å². The van der Waals surface area contributed by atoms with Gasteiger partial charge in [0.05, 0.1) is 23.7 Å². The SMILES string of the molecule is CC(C)(C)OC(=O)N(c1ccc2c(cnn2C(=O)O)c1)c1nnc(-c2cccc(NS(C)(=O)=O)c2)s1. The number of nitrogens with zero attached hydrogens (tertiary/aromatic N) is 5. The highest BCUT2D eigenvalue weighted by Crippen LogP contribution is 2.36. The van der Waals surface area contributed by atoms with Gasteiger partial charge in [-0.1, -0.05) is 23.5 Å². The highest BCUT2D eigenvalue weighted by molar-refractivity contribution is 7.92. The number of hydrogen-bond acceptors (Lipinski definition) is 9. The van der Waals surface area contributed by atoms with E-state index in [1.807, 2.05) is 0 Å². The average Bonchev–Trinajstić information content (AvgIpc) is 3.39. The molecule has 2 aromatic heterocycles. The van der Waals surface area contributed by atoms with E-state index in [0.717, 1.165) is 22.3 Å². The molecule has 4 aromatic rings. The van der Waals surface area contributed by atoms with Crippen LogP contribution in [0.2, 0.25) is 0 Å². The number of anilines is 3. The van der Waals surface area contributed by atoms with Gasteiger partial charge in [-0.05, 0) is 51.1 Å². The molecule has 2 N–H and O–H groups in total. The Bertz CT molecular complexity index is 1570. The number of carboxylic acid groups (broad SMARTS) is 1. The Balaban J connectivity index is 1.75. The molecule has 0 atom stereocenters. The lowest BCUT2D eigenvalue weighted by Gasteiger charge is -2.25. The summed E-state index contributed by atoms with van der Waals surface area (Å²) in [6.07, 6.45) is 0.496. The van der Waals surface area contributed by atoms with Crippen molar-refractivity contribution in [1.29, 1.82) is 0 Å². The van der Waals surface area contributed by atoms with Gasteiger partial charge >= 0.3 is 12.2 Å².